The lowest BCUT2D eigenvalue weighted by molar-refractivity contribution is 0.0779. The number of carbonyl (C=O) groups excluding carboxylic acids is 1. The Morgan fingerprint density at radius 3 is 2.54 bits per heavy atom. The van der Waals surface area contributed by atoms with Crippen LogP contribution in [0.2, 0.25) is 0 Å². The summed E-state index contributed by atoms with van der Waals surface area (Å²) in [6, 6.07) is 17.4. The van der Waals surface area contributed by atoms with Gasteiger partial charge in [-0.15, -0.1) is 0 Å². The number of benzene rings is 2. The SMILES string of the molecule is COc1ccc(C)cc1Nc1cc(C(=O)N(C)Cc2ccccc2)nc(C)n1. The van der Waals surface area contributed by atoms with Crippen molar-refractivity contribution in [3.05, 3.63) is 77.2 Å². The third-order valence-electron chi connectivity index (χ3n) is 4.28. The van der Waals surface area contributed by atoms with Crippen molar-refractivity contribution in [1.82, 2.24) is 14.9 Å². The van der Waals surface area contributed by atoms with Gasteiger partial charge in [0.05, 0.1) is 12.8 Å². The minimum absolute atomic E-state index is 0.159. The van der Waals surface area contributed by atoms with Gasteiger partial charge in [-0.3, -0.25) is 4.79 Å². The molecule has 0 spiro atoms. The molecule has 3 rings (SSSR count). The molecule has 1 heterocycles. The number of anilines is 2. The summed E-state index contributed by atoms with van der Waals surface area (Å²) < 4.78 is 5.40. The Bertz CT molecular complexity index is 974. The summed E-state index contributed by atoms with van der Waals surface area (Å²) in [6.07, 6.45) is 0. The summed E-state index contributed by atoms with van der Waals surface area (Å²) in [5.41, 5.74) is 3.29. The molecule has 6 heteroatoms. The molecule has 0 radical (unpaired) electrons. The highest BCUT2D eigenvalue weighted by Gasteiger charge is 2.16. The molecule has 0 saturated carbocycles. The van der Waals surface area contributed by atoms with Crippen molar-refractivity contribution in [2.45, 2.75) is 20.4 Å². The van der Waals surface area contributed by atoms with E-state index in [2.05, 4.69) is 15.3 Å². The number of amides is 1. The van der Waals surface area contributed by atoms with Gasteiger partial charge in [-0.2, -0.15) is 0 Å². The van der Waals surface area contributed by atoms with Crippen LogP contribution in [-0.2, 0) is 6.54 Å². The molecule has 28 heavy (non-hydrogen) atoms. The maximum atomic E-state index is 12.9. The predicted molar refractivity (Wildman–Crippen MR) is 110 cm³/mol. The minimum Gasteiger partial charge on any atom is -0.495 e. The average molecular weight is 376 g/mol. The van der Waals surface area contributed by atoms with Gasteiger partial charge in [0, 0.05) is 19.7 Å². The van der Waals surface area contributed by atoms with E-state index in [1.165, 1.54) is 0 Å². The van der Waals surface area contributed by atoms with E-state index in [-0.39, 0.29) is 5.91 Å². The zero-order valence-corrected chi connectivity index (χ0v) is 16.6. The number of rotatable bonds is 6. The summed E-state index contributed by atoms with van der Waals surface area (Å²) in [7, 11) is 3.39. The van der Waals surface area contributed by atoms with E-state index in [0.29, 0.717) is 29.6 Å². The number of ether oxygens (including phenoxy) is 1. The molecule has 0 unspecified atom stereocenters. The van der Waals surface area contributed by atoms with Gasteiger partial charge in [0.15, 0.2) is 0 Å². The van der Waals surface area contributed by atoms with Crippen LogP contribution in [-0.4, -0.2) is 34.9 Å². The van der Waals surface area contributed by atoms with E-state index in [1.54, 1.807) is 32.0 Å². The monoisotopic (exact) mass is 376 g/mol. The molecule has 0 aliphatic heterocycles. The van der Waals surface area contributed by atoms with Gasteiger partial charge in [-0.05, 0) is 37.1 Å². The van der Waals surface area contributed by atoms with Gasteiger partial charge < -0.3 is 15.0 Å². The van der Waals surface area contributed by atoms with Crippen molar-refractivity contribution in [3.8, 4) is 5.75 Å². The lowest BCUT2D eigenvalue weighted by atomic mass is 10.2. The van der Waals surface area contributed by atoms with Crippen LogP contribution in [0, 0.1) is 13.8 Å². The zero-order chi connectivity index (χ0) is 20.1. The number of nitrogens with one attached hydrogen (secondary N) is 1. The lowest BCUT2D eigenvalue weighted by Crippen LogP contribution is -2.27. The minimum atomic E-state index is -0.159. The number of carbonyl (C=O) groups is 1. The van der Waals surface area contributed by atoms with E-state index in [1.807, 2.05) is 55.5 Å². The Morgan fingerprint density at radius 1 is 1.07 bits per heavy atom. The van der Waals surface area contributed by atoms with Crippen molar-refractivity contribution in [1.29, 1.82) is 0 Å². The Morgan fingerprint density at radius 2 is 1.82 bits per heavy atom. The van der Waals surface area contributed by atoms with Crippen LogP contribution >= 0.6 is 0 Å². The lowest BCUT2D eigenvalue weighted by Gasteiger charge is -2.18. The molecule has 0 saturated heterocycles. The maximum Gasteiger partial charge on any atom is 0.272 e. The molecular weight excluding hydrogens is 352 g/mol. The van der Waals surface area contributed by atoms with Gasteiger partial charge >= 0.3 is 0 Å². The summed E-state index contributed by atoms with van der Waals surface area (Å²) >= 11 is 0. The fourth-order valence-corrected chi connectivity index (χ4v) is 2.92. The fourth-order valence-electron chi connectivity index (χ4n) is 2.92. The highest BCUT2D eigenvalue weighted by atomic mass is 16.5. The number of aromatic nitrogens is 2. The molecule has 1 amide bonds. The number of nitrogens with zero attached hydrogens (tertiary/aromatic N) is 3. The maximum absolute atomic E-state index is 12.9. The number of aryl methyl sites for hydroxylation is 2. The van der Waals surface area contributed by atoms with Crippen molar-refractivity contribution in [2.24, 2.45) is 0 Å². The van der Waals surface area contributed by atoms with Crippen molar-refractivity contribution in [3.63, 3.8) is 0 Å². The van der Waals surface area contributed by atoms with Crippen LogP contribution in [0.15, 0.2) is 54.6 Å². The van der Waals surface area contributed by atoms with Crippen LogP contribution < -0.4 is 10.1 Å². The Hall–Kier alpha value is -3.41. The van der Waals surface area contributed by atoms with Crippen molar-refractivity contribution < 1.29 is 9.53 Å². The topological polar surface area (TPSA) is 67.3 Å². The molecule has 0 fully saturated rings. The molecule has 2 aromatic carbocycles. The highest BCUT2D eigenvalue weighted by Crippen LogP contribution is 2.28. The summed E-state index contributed by atoms with van der Waals surface area (Å²) in [5.74, 6) is 1.62. The van der Waals surface area contributed by atoms with Gasteiger partial charge in [0.2, 0.25) is 0 Å². The summed E-state index contributed by atoms with van der Waals surface area (Å²) in [5, 5.41) is 3.24. The smallest absolute Gasteiger partial charge is 0.272 e. The molecule has 0 bridgehead atoms. The first-order valence-electron chi connectivity index (χ1n) is 9.03. The quantitative estimate of drug-likeness (QED) is 0.701. The first-order valence-corrected chi connectivity index (χ1v) is 9.03. The van der Waals surface area contributed by atoms with Crippen LogP contribution in [0.4, 0.5) is 11.5 Å². The molecular formula is C22H24N4O2. The van der Waals surface area contributed by atoms with E-state index >= 15 is 0 Å². The van der Waals surface area contributed by atoms with Crippen LogP contribution in [0.1, 0.15) is 27.4 Å². The molecule has 144 valence electrons. The molecule has 0 aliphatic carbocycles. The average Bonchev–Trinajstić information content (AvgIpc) is 2.68. The van der Waals surface area contributed by atoms with Crippen LogP contribution in [0.3, 0.4) is 0 Å². The highest BCUT2D eigenvalue weighted by molar-refractivity contribution is 5.93. The van der Waals surface area contributed by atoms with E-state index in [9.17, 15) is 4.79 Å². The molecule has 0 aliphatic rings. The largest absolute Gasteiger partial charge is 0.495 e. The number of methoxy groups -OCH3 is 1. The second kappa shape index (κ2) is 8.52. The van der Waals surface area contributed by atoms with E-state index in [0.717, 1.165) is 16.8 Å². The normalized spacial score (nSPS) is 10.4. The summed E-state index contributed by atoms with van der Waals surface area (Å²) in [4.78, 5) is 23.2. The second-order valence-electron chi connectivity index (χ2n) is 6.66. The van der Waals surface area contributed by atoms with Crippen LogP contribution in [0.5, 0.6) is 5.75 Å². The Kier molecular flexibility index (Phi) is 5.89. The van der Waals surface area contributed by atoms with E-state index < -0.39 is 0 Å². The number of hydrogen-bond acceptors (Lipinski definition) is 5. The van der Waals surface area contributed by atoms with E-state index in [4.69, 9.17) is 4.74 Å². The molecule has 0 atom stereocenters. The number of hydrogen-bond donors (Lipinski definition) is 1. The Labute approximate surface area is 165 Å². The first-order chi connectivity index (χ1) is 13.5. The molecule has 3 aromatic rings. The van der Waals surface area contributed by atoms with Crippen molar-refractivity contribution >= 4 is 17.4 Å². The van der Waals surface area contributed by atoms with Gasteiger partial charge in [-0.1, -0.05) is 36.4 Å². The summed E-state index contributed by atoms with van der Waals surface area (Å²) in [6.45, 7) is 4.28. The fraction of sp³-hybridized carbons (Fsp3) is 0.227. The standard InChI is InChI=1S/C22H24N4O2/c1-15-10-11-20(28-4)18(12-15)25-21-13-19(23-16(2)24-21)22(27)26(3)14-17-8-6-5-7-9-17/h5-13H,14H2,1-4H3,(H,23,24,25). The third kappa shape index (κ3) is 4.65. The molecule has 1 aromatic heterocycles. The third-order valence-corrected chi connectivity index (χ3v) is 4.28. The van der Waals surface area contributed by atoms with Gasteiger partial charge in [-0.25, -0.2) is 9.97 Å². The van der Waals surface area contributed by atoms with Crippen molar-refractivity contribution in [2.75, 3.05) is 19.5 Å². The zero-order valence-electron chi connectivity index (χ0n) is 16.6. The van der Waals surface area contributed by atoms with Gasteiger partial charge in [0.1, 0.15) is 23.1 Å². The Balaban J connectivity index is 1.83. The predicted octanol–water partition coefficient (Wildman–Crippen LogP) is 4.12. The van der Waals surface area contributed by atoms with Gasteiger partial charge in [0.25, 0.3) is 5.91 Å². The second-order valence-corrected chi connectivity index (χ2v) is 6.66. The van der Waals surface area contributed by atoms with Crippen LogP contribution in [0.25, 0.3) is 0 Å². The molecule has 6 nitrogen and oxygen atoms in total. The first kappa shape index (κ1) is 19.4. The molecule has 1 N–H and O–H groups in total.